The van der Waals surface area contributed by atoms with Crippen LogP contribution in [0.2, 0.25) is 0 Å². The molecule has 4 aromatic heterocycles. The number of nitrogens with one attached hydrogen (secondary N) is 2. The molecule has 0 bridgehead atoms. The van der Waals surface area contributed by atoms with Crippen LogP contribution >= 0.6 is 0 Å². The number of benzene rings is 3. The van der Waals surface area contributed by atoms with Gasteiger partial charge in [0.25, 0.3) is 0 Å². The van der Waals surface area contributed by atoms with Crippen molar-refractivity contribution in [3.63, 3.8) is 0 Å². The van der Waals surface area contributed by atoms with Gasteiger partial charge in [-0.25, -0.2) is 19.0 Å². The first kappa shape index (κ1) is 49.3. The first-order valence-corrected chi connectivity index (χ1v) is 22.8. The van der Waals surface area contributed by atoms with Gasteiger partial charge in [-0.05, 0) is 104 Å². The number of aryl methyl sites for hydroxylation is 2. The molecular formula is C51H50F6N8O5. The van der Waals surface area contributed by atoms with Gasteiger partial charge in [-0.2, -0.15) is 36.5 Å². The molecule has 0 spiro atoms. The molecule has 0 amide bonds. The Labute approximate surface area is 398 Å². The Balaban J connectivity index is 0.000000193. The van der Waals surface area contributed by atoms with Gasteiger partial charge in [0.05, 0.1) is 60.8 Å². The van der Waals surface area contributed by atoms with E-state index in [0.29, 0.717) is 87.5 Å². The summed E-state index contributed by atoms with van der Waals surface area (Å²) < 4.78 is 84.2. The standard InChI is InChI=1S/C29H29F3N4O3.C22H21F3N4O2/c1-17-12-19(8-9-22(17)26(37)13-18-6-7-18)25-16-34-28-24(33-11-10-29(30,31)32)15-23(35-36(25)28)27(38)20-4-3-5-21(14-20)39-2;1-13-8-15(4-5-17(13)20(31)9-14-2-3-14)19-11-27-21-18(26-7-6-22(23,24)25)10-16(12-30)28-29(19)21/h3-5,8-9,12,14-16,18,27,33,38H,6-7,10-11,13H2,1-2H3;4-5,8,10-12,14,26H,2-3,6-7,9H2,1H3. The van der Waals surface area contributed by atoms with Crippen LogP contribution in [0.4, 0.5) is 37.7 Å². The van der Waals surface area contributed by atoms with Gasteiger partial charge in [0, 0.05) is 48.2 Å². The third-order valence-corrected chi connectivity index (χ3v) is 12.2. The number of aldehydes is 1. The summed E-state index contributed by atoms with van der Waals surface area (Å²) in [6.07, 6.45) is -2.65. The van der Waals surface area contributed by atoms with Crippen molar-refractivity contribution in [1.29, 1.82) is 0 Å². The molecule has 19 heteroatoms. The van der Waals surface area contributed by atoms with Gasteiger partial charge in [-0.15, -0.1) is 0 Å². The van der Waals surface area contributed by atoms with Crippen molar-refractivity contribution in [2.75, 3.05) is 30.8 Å². The van der Waals surface area contributed by atoms with E-state index in [4.69, 9.17) is 4.74 Å². The molecule has 2 aliphatic rings. The fraction of sp³-hybridized carbons (Fsp3) is 0.353. The molecule has 2 aliphatic carbocycles. The molecule has 7 aromatic rings. The number of fused-ring (bicyclic) bond motifs is 2. The molecular weight excluding hydrogens is 919 g/mol. The minimum absolute atomic E-state index is 0.0641. The molecule has 0 radical (unpaired) electrons. The number of ether oxygens (including phenoxy) is 1. The van der Waals surface area contributed by atoms with Crippen LogP contribution in [-0.2, 0) is 0 Å². The van der Waals surface area contributed by atoms with Crippen LogP contribution in [0.25, 0.3) is 33.8 Å². The van der Waals surface area contributed by atoms with Crippen molar-refractivity contribution in [3.8, 4) is 28.3 Å². The van der Waals surface area contributed by atoms with Gasteiger partial charge in [0.1, 0.15) is 17.5 Å². The maximum Gasteiger partial charge on any atom is 0.390 e. The van der Waals surface area contributed by atoms with Crippen molar-refractivity contribution in [2.45, 2.75) is 83.7 Å². The van der Waals surface area contributed by atoms with Crippen LogP contribution < -0.4 is 15.4 Å². The summed E-state index contributed by atoms with van der Waals surface area (Å²) in [5.74, 6) is 1.78. The fourth-order valence-corrected chi connectivity index (χ4v) is 8.14. The summed E-state index contributed by atoms with van der Waals surface area (Å²) in [5.41, 5.74) is 7.67. The number of alkyl halides is 6. The Hall–Kier alpha value is -7.15. The van der Waals surface area contributed by atoms with Crippen molar-refractivity contribution >= 4 is 40.5 Å². The van der Waals surface area contributed by atoms with Gasteiger partial charge in [0.15, 0.2) is 29.1 Å². The molecule has 366 valence electrons. The molecule has 2 saturated carbocycles. The lowest BCUT2D eigenvalue weighted by atomic mass is 9.98. The SMILES string of the molecule is COc1cccc(C(O)c2cc(NCCC(F)(F)F)c3ncc(-c4ccc(C(=O)CC5CC5)c(C)c4)n3n2)c1.Cc1cc(-c2cnc3c(NCCC(F)(F)F)cc(C=O)nn23)ccc1C(=O)CC1CC1. The number of halogens is 6. The van der Waals surface area contributed by atoms with E-state index in [1.807, 2.05) is 32.0 Å². The maximum atomic E-state index is 12.8. The van der Waals surface area contributed by atoms with Crippen molar-refractivity contribution in [3.05, 3.63) is 124 Å². The summed E-state index contributed by atoms with van der Waals surface area (Å²) >= 11 is 0. The molecule has 3 aromatic carbocycles. The highest BCUT2D eigenvalue weighted by atomic mass is 19.4. The smallest absolute Gasteiger partial charge is 0.390 e. The Kier molecular flexibility index (Phi) is 14.4. The number of aliphatic hydroxyl groups is 1. The molecule has 3 N–H and O–H groups in total. The normalized spacial score (nSPS) is 14.3. The predicted octanol–water partition coefficient (Wildman–Crippen LogP) is 11.0. The number of aromatic nitrogens is 6. The van der Waals surface area contributed by atoms with Gasteiger partial charge in [-0.3, -0.25) is 14.4 Å². The zero-order valence-corrected chi connectivity index (χ0v) is 38.5. The molecule has 1 unspecified atom stereocenters. The van der Waals surface area contributed by atoms with Crippen LogP contribution in [0, 0.1) is 25.7 Å². The highest BCUT2D eigenvalue weighted by molar-refractivity contribution is 5.99. The van der Waals surface area contributed by atoms with Crippen LogP contribution in [0.5, 0.6) is 5.75 Å². The molecule has 0 saturated heterocycles. The second-order valence-electron chi connectivity index (χ2n) is 17.8. The molecule has 70 heavy (non-hydrogen) atoms. The quantitative estimate of drug-likeness (QED) is 0.0426. The van der Waals surface area contributed by atoms with Gasteiger partial charge in [-0.1, -0.05) is 36.4 Å². The number of rotatable bonds is 18. The fourth-order valence-electron chi connectivity index (χ4n) is 8.14. The second-order valence-corrected chi connectivity index (χ2v) is 17.8. The van der Waals surface area contributed by atoms with Crippen molar-refractivity contribution in [2.24, 2.45) is 11.8 Å². The van der Waals surface area contributed by atoms with Crippen molar-refractivity contribution in [1.82, 2.24) is 29.2 Å². The van der Waals surface area contributed by atoms with Gasteiger partial charge < -0.3 is 20.5 Å². The number of nitrogens with zero attached hydrogens (tertiary/aromatic N) is 6. The van der Waals surface area contributed by atoms with E-state index in [9.17, 15) is 45.8 Å². The van der Waals surface area contributed by atoms with Crippen LogP contribution in [-0.4, -0.2) is 84.7 Å². The summed E-state index contributed by atoms with van der Waals surface area (Å²) in [7, 11) is 1.52. The van der Waals surface area contributed by atoms with E-state index in [1.165, 1.54) is 28.3 Å². The number of ketones is 2. The number of hydrogen-bond acceptors (Lipinski definition) is 11. The first-order chi connectivity index (χ1) is 33.4. The average molecular weight is 969 g/mol. The molecule has 4 heterocycles. The van der Waals surface area contributed by atoms with Crippen LogP contribution in [0.15, 0.2) is 85.2 Å². The monoisotopic (exact) mass is 968 g/mol. The second kappa shape index (κ2) is 20.4. The number of aliphatic hydroxyl groups excluding tert-OH is 1. The lowest BCUT2D eigenvalue weighted by molar-refractivity contribution is -0.132. The highest BCUT2D eigenvalue weighted by Crippen LogP contribution is 2.37. The lowest BCUT2D eigenvalue weighted by Crippen LogP contribution is -2.16. The number of methoxy groups -OCH3 is 1. The minimum atomic E-state index is -4.32. The maximum absolute atomic E-state index is 12.8. The number of anilines is 2. The van der Waals surface area contributed by atoms with Crippen LogP contribution in [0.1, 0.15) is 111 Å². The zero-order chi connectivity index (χ0) is 49.9. The number of carbonyl (C=O) groups is 3. The number of carbonyl (C=O) groups excluding carboxylic acids is 3. The van der Waals surface area contributed by atoms with E-state index < -0.39 is 31.3 Å². The lowest BCUT2D eigenvalue weighted by Gasteiger charge is -2.16. The Morgan fingerprint density at radius 2 is 1.23 bits per heavy atom. The van der Waals surface area contributed by atoms with E-state index in [2.05, 4.69) is 30.8 Å². The third kappa shape index (κ3) is 12.0. The summed E-state index contributed by atoms with van der Waals surface area (Å²) in [5, 5.41) is 25.6. The highest BCUT2D eigenvalue weighted by Gasteiger charge is 2.30. The van der Waals surface area contributed by atoms with E-state index in [1.54, 1.807) is 54.9 Å². The van der Waals surface area contributed by atoms with Gasteiger partial charge >= 0.3 is 12.4 Å². The molecule has 13 nitrogen and oxygen atoms in total. The minimum Gasteiger partial charge on any atom is -0.497 e. The third-order valence-electron chi connectivity index (χ3n) is 12.2. The van der Waals surface area contributed by atoms with E-state index in [0.717, 1.165) is 47.9 Å². The van der Waals surface area contributed by atoms with Crippen LogP contribution in [0.3, 0.4) is 0 Å². The van der Waals surface area contributed by atoms with E-state index >= 15 is 0 Å². The number of imidazole rings is 2. The number of hydrogen-bond donors (Lipinski definition) is 3. The largest absolute Gasteiger partial charge is 0.497 e. The topological polar surface area (TPSA) is 165 Å². The predicted molar refractivity (Wildman–Crippen MR) is 250 cm³/mol. The molecule has 1 atom stereocenters. The van der Waals surface area contributed by atoms with Crippen molar-refractivity contribution < 1.29 is 50.6 Å². The van der Waals surface area contributed by atoms with Gasteiger partial charge in [0.2, 0.25) is 0 Å². The molecule has 9 rings (SSSR count). The summed E-state index contributed by atoms with van der Waals surface area (Å²) in [4.78, 5) is 45.2. The van der Waals surface area contributed by atoms with E-state index in [-0.39, 0.29) is 36.0 Å². The first-order valence-electron chi connectivity index (χ1n) is 22.8. The number of Topliss-reactive ketones (excluding diaryl/α,β-unsaturated/α-hetero) is 2. The Bertz CT molecular complexity index is 3070. The Morgan fingerprint density at radius 1 is 0.729 bits per heavy atom. The molecule has 2 fully saturated rings. The Morgan fingerprint density at radius 3 is 1.69 bits per heavy atom. The average Bonchev–Trinajstić information content (AvgIpc) is 4.24. The summed E-state index contributed by atoms with van der Waals surface area (Å²) in [6, 6.07) is 20.7. The zero-order valence-electron chi connectivity index (χ0n) is 38.5. The molecule has 0 aliphatic heterocycles. The summed E-state index contributed by atoms with van der Waals surface area (Å²) in [6.45, 7) is 3.03.